The first-order chi connectivity index (χ1) is 6.24. The van der Waals surface area contributed by atoms with Crippen molar-refractivity contribution in [3.63, 3.8) is 0 Å². The molecule has 0 heterocycles. The molecule has 0 unspecified atom stereocenters. The van der Waals surface area contributed by atoms with Gasteiger partial charge in [0.1, 0.15) is 0 Å². The molecule has 0 aromatic rings. The third kappa shape index (κ3) is 4.57. The van der Waals surface area contributed by atoms with Gasteiger partial charge in [0.15, 0.2) is 0 Å². The van der Waals surface area contributed by atoms with Crippen molar-refractivity contribution in [1.29, 1.82) is 0 Å². The summed E-state index contributed by atoms with van der Waals surface area (Å²) in [6.07, 6.45) is 5.53. The van der Waals surface area contributed by atoms with Crippen LogP contribution in [0.1, 0.15) is 26.2 Å². The largest absolute Gasteiger partial charge is 0.528 e. The minimum absolute atomic E-state index is 1.06. The maximum absolute atomic E-state index is 5.22. The van der Waals surface area contributed by atoms with Gasteiger partial charge in [0.25, 0.3) is 0 Å². The third-order valence-electron chi connectivity index (χ3n) is 1.90. The fourth-order valence-corrected chi connectivity index (χ4v) is 2.37. The van der Waals surface area contributed by atoms with Gasteiger partial charge in [-0.2, -0.15) is 0 Å². The first-order valence-electron chi connectivity index (χ1n) is 4.57. The Labute approximate surface area is 82.1 Å². The number of unbranched alkanes of at least 4 members (excludes halogenated alkanes) is 2. The topological polar surface area (TPSA) is 27.7 Å². The minimum atomic E-state index is -2.45. The lowest BCUT2D eigenvalue weighted by molar-refractivity contribution is 0.138. The van der Waals surface area contributed by atoms with Gasteiger partial charge in [0.2, 0.25) is 0 Å². The Morgan fingerprint density at radius 3 is 2.00 bits per heavy atom. The smallest absolute Gasteiger partial charge is 0.374 e. The summed E-state index contributed by atoms with van der Waals surface area (Å²) in [6.45, 7) is 2.17. The summed E-state index contributed by atoms with van der Waals surface area (Å²) in [4.78, 5) is 0. The monoisotopic (exact) mass is 204 g/mol. The molecule has 0 amide bonds. The summed E-state index contributed by atoms with van der Waals surface area (Å²) >= 11 is 0. The molecule has 78 valence electrons. The average Bonchev–Trinajstić information content (AvgIpc) is 2.20. The van der Waals surface area contributed by atoms with Crippen molar-refractivity contribution < 1.29 is 13.3 Å². The molecule has 0 aromatic carbocycles. The fourth-order valence-electron chi connectivity index (χ4n) is 1.00. The molecule has 0 radical (unpaired) electrons. The highest BCUT2D eigenvalue weighted by Crippen LogP contribution is 2.08. The lowest BCUT2D eigenvalue weighted by Crippen LogP contribution is -2.40. The molecule has 0 fully saturated rings. The van der Waals surface area contributed by atoms with Crippen molar-refractivity contribution in [2.45, 2.75) is 26.2 Å². The van der Waals surface area contributed by atoms with Crippen molar-refractivity contribution in [3.8, 4) is 0 Å². The van der Waals surface area contributed by atoms with E-state index < -0.39 is 8.80 Å². The molecule has 0 saturated carbocycles. The van der Waals surface area contributed by atoms with Crippen molar-refractivity contribution in [1.82, 2.24) is 0 Å². The van der Waals surface area contributed by atoms with Crippen LogP contribution in [-0.4, -0.2) is 30.1 Å². The lowest BCUT2D eigenvalue weighted by atomic mass is 10.2. The summed E-state index contributed by atoms with van der Waals surface area (Å²) in [6, 6.07) is 0. The molecule has 0 aliphatic carbocycles. The first-order valence-corrected chi connectivity index (χ1v) is 6.38. The molecular weight excluding hydrogens is 184 g/mol. The second-order valence-electron chi connectivity index (χ2n) is 2.76. The van der Waals surface area contributed by atoms with E-state index in [0.29, 0.717) is 0 Å². The zero-order valence-corrected chi connectivity index (χ0v) is 10.0. The molecule has 0 N–H and O–H groups in total. The molecule has 13 heavy (non-hydrogen) atoms. The van der Waals surface area contributed by atoms with E-state index in [2.05, 4.69) is 13.0 Å². The van der Waals surface area contributed by atoms with Crippen LogP contribution < -0.4 is 0 Å². The van der Waals surface area contributed by atoms with Gasteiger partial charge >= 0.3 is 8.80 Å². The van der Waals surface area contributed by atoms with Crippen LogP contribution in [-0.2, 0) is 13.3 Å². The van der Waals surface area contributed by atoms with Crippen LogP contribution in [0, 0.1) is 0 Å². The Kier molecular flexibility index (Phi) is 7.17. The fraction of sp³-hybridized carbons (Fsp3) is 0.778. The molecular formula is C9H20O3Si. The van der Waals surface area contributed by atoms with Crippen LogP contribution in [0.3, 0.4) is 0 Å². The first kappa shape index (κ1) is 12.8. The Morgan fingerprint density at radius 1 is 1.08 bits per heavy atom. The molecule has 4 heteroatoms. The van der Waals surface area contributed by atoms with Gasteiger partial charge < -0.3 is 13.3 Å². The molecule has 0 bridgehead atoms. The normalized spacial score (nSPS) is 12.6. The highest BCUT2D eigenvalue weighted by molar-refractivity contribution is 6.66. The van der Waals surface area contributed by atoms with Crippen LogP contribution in [0.2, 0.25) is 0 Å². The highest BCUT2D eigenvalue weighted by atomic mass is 28.4. The van der Waals surface area contributed by atoms with Gasteiger partial charge in [-0.15, -0.1) is 0 Å². The van der Waals surface area contributed by atoms with Crippen LogP contribution in [0.25, 0.3) is 0 Å². The van der Waals surface area contributed by atoms with Crippen molar-refractivity contribution in [2.24, 2.45) is 0 Å². The van der Waals surface area contributed by atoms with E-state index in [0.717, 1.165) is 6.42 Å². The van der Waals surface area contributed by atoms with E-state index in [9.17, 15) is 0 Å². The van der Waals surface area contributed by atoms with Gasteiger partial charge in [-0.25, -0.2) is 0 Å². The maximum Gasteiger partial charge on any atom is 0.528 e. The quantitative estimate of drug-likeness (QED) is 0.470. The lowest BCUT2D eigenvalue weighted by Gasteiger charge is -2.20. The molecule has 0 saturated heterocycles. The van der Waals surface area contributed by atoms with Gasteiger partial charge in [0, 0.05) is 21.3 Å². The Morgan fingerprint density at radius 2 is 1.62 bits per heavy atom. The van der Waals surface area contributed by atoms with E-state index in [1.54, 1.807) is 21.3 Å². The summed E-state index contributed by atoms with van der Waals surface area (Å²) < 4.78 is 15.7. The zero-order chi connectivity index (χ0) is 10.2. The average molecular weight is 204 g/mol. The second kappa shape index (κ2) is 7.26. The van der Waals surface area contributed by atoms with E-state index >= 15 is 0 Å². The van der Waals surface area contributed by atoms with Crippen LogP contribution in [0.5, 0.6) is 0 Å². The van der Waals surface area contributed by atoms with Crippen molar-refractivity contribution in [3.05, 3.63) is 11.8 Å². The van der Waals surface area contributed by atoms with Gasteiger partial charge in [-0.1, -0.05) is 25.8 Å². The third-order valence-corrected chi connectivity index (χ3v) is 4.25. The summed E-state index contributed by atoms with van der Waals surface area (Å²) in [5, 5.41) is 0. The second-order valence-corrected chi connectivity index (χ2v) is 5.53. The summed E-state index contributed by atoms with van der Waals surface area (Å²) in [5.74, 6) is 0. The highest BCUT2D eigenvalue weighted by Gasteiger charge is 2.33. The van der Waals surface area contributed by atoms with Crippen LogP contribution >= 0.6 is 0 Å². The van der Waals surface area contributed by atoms with E-state index in [1.165, 1.54) is 12.8 Å². The molecule has 0 aliphatic heterocycles. The summed E-state index contributed by atoms with van der Waals surface area (Å²) in [5.41, 5.74) is 1.93. The number of hydrogen-bond donors (Lipinski definition) is 0. The summed E-state index contributed by atoms with van der Waals surface area (Å²) in [7, 11) is 2.40. The molecule has 3 nitrogen and oxygen atoms in total. The SMILES string of the molecule is CCCC/C=C/[Si](OC)(OC)OC. The van der Waals surface area contributed by atoms with Crippen molar-refractivity contribution >= 4 is 8.80 Å². The van der Waals surface area contributed by atoms with E-state index in [-0.39, 0.29) is 0 Å². The molecule has 0 aliphatic rings. The molecule has 0 aromatic heterocycles. The molecule has 0 rings (SSSR count). The Hall–Kier alpha value is -0.163. The Balaban J connectivity index is 4.00. The minimum Gasteiger partial charge on any atom is -0.374 e. The standard InChI is InChI=1S/C9H20O3Si/c1-5-6-7-8-9-13(10-2,11-3)12-4/h8-9H,5-7H2,1-4H3/b9-8+. The maximum atomic E-state index is 5.22. The number of rotatable bonds is 7. The number of allylic oxidation sites excluding steroid dienone is 1. The van der Waals surface area contributed by atoms with Gasteiger partial charge in [-0.3, -0.25) is 0 Å². The van der Waals surface area contributed by atoms with Gasteiger partial charge in [-0.05, 0) is 12.1 Å². The molecule has 0 spiro atoms. The Bertz CT molecular complexity index is 136. The van der Waals surface area contributed by atoms with Crippen LogP contribution in [0.15, 0.2) is 11.8 Å². The van der Waals surface area contributed by atoms with E-state index in [1.807, 2.05) is 5.70 Å². The molecule has 0 atom stereocenters. The number of hydrogen-bond acceptors (Lipinski definition) is 3. The van der Waals surface area contributed by atoms with E-state index in [4.69, 9.17) is 13.3 Å². The van der Waals surface area contributed by atoms with Gasteiger partial charge in [0.05, 0.1) is 0 Å². The van der Waals surface area contributed by atoms with Crippen LogP contribution in [0.4, 0.5) is 0 Å². The zero-order valence-electron chi connectivity index (χ0n) is 9.00. The van der Waals surface area contributed by atoms with Crippen molar-refractivity contribution in [2.75, 3.05) is 21.3 Å². The predicted molar refractivity (Wildman–Crippen MR) is 55.4 cm³/mol. The predicted octanol–water partition coefficient (Wildman–Crippen LogP) is 2.15.